The zero-order valence-corrected chi connectivity index (χ0v) is 19.7. The third-order valence-electron chi connectivity index (χ3n) is 5.86. The van der Waals surface area contributed by atoms with E-state index in [0.717, 1.165) is 17.7 Å². The smallest absolute Gasteiger partial charge is 0.300 e. The molecule has 186 valence electrons. The second-order valence-corrected chi connectivity index (χ2v) is 8.24. The third kappa shape index (κ3) is 4.61. The van der Waals surface area contributed by atoms with Crippen LogP contribution in [-0.2, 0) is 0 Å². The van der Waals surface area contributed by atoms with Crippen LogP contribution in [0.3, 0.4) is 0 Å². The fraction of sp³-hybridized carbons (Fsp3) is 0. The minimum absolute atomic E-state index is 0.226. The first kappa shape index (κ1) is 24.1. The van der Waals surface area contributed by atoms with Gasteiger partial charge in [0.25, 0.3) is 5.91 Å². The van der Waals surface area contributed by atoms with Gasteiger partial charge in [-0.15, -0.1) is 0 Å². The average Bonchev–Trinajstić information content (AvgIpc) is 3.39. The summed E-state index contributed by atoms with van der Waals surface area (Å²) in [6.45, 7) is 0. The van der Waals surface area contributed by atoms with Gasteiger partial charge in [0.15, 0.2) is 5.69 Å². The van der Waals surface area contributed by atoms with E-state index in [-0.39, 0.29) is 11.3 Å². The number of hydrogen-bond donors (Lipinski definition) is 1. The van der Waals surface area contributed by atoms with Crippen molar-refractivity contribution in [2.75, 3.05) is 5.32 Å². The van der Waals surface area contributed by atoms with Crippen molar-refractivity contribution >= 4 is 28.7 Å². The third-order valence-corrected chi connectivity index (χ3v) is 5.86. The van der Waals surface area contributed by atoms with E-state index in [1.807, 2.05) is 60.7 Å². The number of nitro groups is 2. The zero-order chi connectivity index (χ0) is 26.6. The molecule has 0 unspecified atom stereocenters. The molecule has 5 rings (SSSR count). The zero-order valence-electron chi connectivity index (χ0n) is 19.7. The van der Waals surface area contributed by atoms with Crippen LogP contribution in [0.4, 0.5) is 22.7 Å². The first-order valence-corrected chi connectivity index (χ1v) is 11.5. The Labute approximate surface area is 216 Å². The Kier molecular flexibility index (Phi) is 6.43. The molecule has 1 N–H and O–H groups in total. The molecule has 0 radical (unpaired) electrons. The Hall–Kier alpha value is -5.64. The number of carbonyl (C=O) groups excluding carboxylic acids is 1. The van der Waals surface area contributed by atoms with Gasteiger partial charge in [0, 0.05) is 28.9 Å². The van der Waals surface area contributed by atoms with Gasteiger partial charge >= 0.3 is 11.4 Å². The molecule has 0 bridgehead atoms. The van der Waals surface area contributed by atoms with Crippen molar-refractivity contribution in [2.24, 2.45) is 0 Å². The van der Waals surface area contributed by atoms with Crippen molar-refractivity contribution in [3.05, 3.63) is 135 Å². The van der Waals surface area contributed by atoms with Crippen LogP contribution in [0.25, 0.3) is 22.5 Å². The molecule has 10 heteroatoms. The predicted molar refractivity (Wildman–Crippen MR) is 142 cm³/mol. The number of imidazole rings is 1. The Morgan fingerprint density at radius 2 is 1.24 bits per heavy atom. The van der Waals surface area contributed by atoms with Crippen LogP contribution >= 0.6 is 0 Å². The number of benzene rings is 4. The summed E-state index contributed by atoms with van der Waals surface area (Å²) >= 11 is 0. The molecule has 0 saturated carbocycles. The van der Waals surface area contributed by atoms with E-state index in [1.54, 1.807) is 30.3 Å². The maximum Gasteiger partial charge on any atom is 0.300 e. The van der Waals surface area contributed by atoms with Gasteiger partial charge in [0.1, 0.15) is 6.33 Å². The number of para-hydroxylation sites is 1. The standard InChI is InChI=1S/C28H19N5O5/c34-28(31-18-29-25(19-10-4-1-5-11-19)27(31)20-12-6-2-7-13-20)21-16-23(32(35)36)26(24(17-21)33(37)38)30-22-14-8-3-9-15-22/h1-18,30H. The molecular weight excluding hydrogens is 486 g/mol. The van der Waals surface area contributed by atoms with E-state index in [0.29, 0.717) is 22.6 Å². The molecule has 0 atom stereocenters. The Morgan fingerprint density at radius 1 is 0.737 bits per heavy atom. The summed E-state index contributed by atoms with van der Waals surface area (Å²) in [5.74, 6) is -0.698. The first-order chi connectivity index (χ1) is 18.4. The molecule has 0 aliphatic heterocycles. The van der Waals surface area contributed by atoms with Crippen LogP contribution in [-0.4, -0.2) is 25.3 Å². The number of hydrogen-bond acceptors (Lipinski definition) is 7. The van der Waals surface area contributed by atoms with Crippen LogP contribution in [0.2, 0.25) is 0 Å². The normalized spacial score (nSPS) is 10.6. The number of nitro benzene ring substituents is 2. The van der Waals surface area contributed by atoms with Crippen LogP contribution in [0.15, 0.2) is 109 Å². The minimum Gasteiger partial charge on any atom is -0.344 e. The van der Waals surface area contributed by atoms with Gasteiger partial charge in [-0.25, -0.2) is 4.98 Å². The van der Waals surface area contributed by atoms with Crippen LogP contribution < -0.4 is 5.32 Å². The van der Waals surface area contributed by atoms with E-state index in [1.165, 1.54) is 10.9 Å². The topological polar surface area (TPSA) is 133 Å². The molecule has 0 saturated heterocycles. The number of carbonyl (C=O) groups is 1. The second-order valence-electron chi connectivity index (χ2n) is 8.24. The summed E-state index contributed by atoms with van der Waals surface area (Å²) in [6.07, 6.45) is 1.32. The van der Waals surface area contributed by atoms with Crippen molar-refractivity contribution in [3.8, 4) is 22.5 Å². The van der Waals surface area contributed by atoms with Crippen LogP contribution in [0, 0.1) is 20.2 Å². The molecule has 0 aliphatic carbocycles. The van der Waals surface area contributed by atoms with Crippen molar-refractivity contribution in [1.29, 1.82) is 0 Å². The number of aromatic nitrogens is 2. The molecule has 38 heavy (non-hydrogen) atoms. The van der Waals surface area contributed by atoms with E-state index in [4.69, 9.17) is 0 Å². The molecular formula is C28H19N5O5. The Balaban J connectivity index is 1.67. The van der Waals surface area contributed by atoms with E-state index < -0.39 is 27.1 Å². The van der Waals surface area contributed by atoms with Gasteiger partial charge in [-0.1, -0.05) is 78.9 Å². The van der Waals surface area contributed by atoms with Crippen molar-refractivity contribution in [2.45, 2.75) is 0 Å². The Bertz CT molecular complexity index is 1620. The highest BCUT2D eigenvalue weighted by atomic mass is 16.6. The summed E-state index contributed by atoms with van der Waals surface area (Å²) < 4.78 is 1.25. The number of nitrogens with one attached hydrogen (secondary N) is 1. The molecule has 0 spiro atoms. The lowest BCUT2D eigenvalue weighted by atomic mass is 10.0. The lowest BCUT2D eigenvalue weighted by Crippen LogP contribution is -2.14. The predicted octanol–water partition coefficient (Wildman–Crippen LogP) is 6.47. The van der Waals surface area contributed by atoms with Crippen molar-refractivity contribution < 1.29 is 14.6 Å². The lowest BCUT2D eigenvalue weighted by molar-refractivity contribution is -0.392. The highest BCUT2D eigenvalue weighted by molar-refractivity contribution is 6.02. The summed E-state index contributed by atoms with van der Waals surface area (Å²) in [5, 5.41) is 26.7. The second kappa shape index (κ2) is 10.2. The summed E-state index contributed by atoms with van der Waals surface area (Å²) in [5.41, 5.74) is 1.10. The van der Waals surface area contributed by atoms with E-state index >= 15 is 0 Å². The summed E-state index contributed by atoms with van der Waals surface area (Å²) in [6, 6.07) is 28.8. The van der Waals surface area contributed by atoms with E-state index in [2.05, 4.69) is 10.3 Å². The Morgan fingerprint density at radius 3 is 1.76 bits per heavy atom. The quantitative estimate of drug-likeness (QED) is 0.198. The summed E-state index contributed by atoms with van der Waals surface area (Å²) in [7, 11) is 0. The van der Waals surface area contributed by atoms with Crippen molar-refractivity contribution in [3.63, 3.8) is 0 Å². The average molecular weight is 505 g/mol. The van der Waals surface area contributed by atoms with Gasteiger partial charge in [-0.3, -0.25) is 29.6 Å². The maximum absolute atomic E-state index is 13.8. The van der Waals surface area contributed by atoms with E-state index in [9.17, 15) is 25.0 Å². The minimum atomic E-state index is -0.754. The fourth-order valence-corrected chi connectivity index (χ4v) is 4.14. The SMILES string of the molecule is O=C(c1cc([N+](=O)[O-])c(Nc2ccccc2)c([N+](=O)[O-])c1)n1cnc(-c2ccccc2)c1-c1ccccc1. The molecule has 4 aromatic carbocycles. The van der Waals surface area contributed by atoms with Crippen LogP contribution in [0.5, 0.6) is 0 Å². The molecule has 0 fully saturated rings. The van der Waals surface area contributed by atoms with Crippen molar-refractivity contribution in [1.82, 2.24) is 9.55 Å². The number of anilines is 2. The van der Waals surface area contributed by atoms with Gasteiger partial charge in [-0.2, -0.15) is 0 Å². The number of rotatable bonds is 7. The largest absolute Gasteiger partial charge is 0.344 e. The first-order valence-electron chi connectivity index (χ1n) is 11.5. The molecule has 1 heterocycles. The van der Waals surface area contributed by atoms with Gasteiger partial charge in [-0.05, 0) is 12.1 Å². The highest BCUT2D eigenvalue weighted by Crippen LogP contribution is 2.39. The maximum atomic E-state index is 13.8. The van der Waals surface area contributed by atoms with Gasteiger partial charge < -0.3 is 5.32 Å². The summed E-state index contributed by atoms with van der Waals surface area (Å²) in [4.78, 5) is 40.7. The van der Waals surface area contributed by atoms with Gasteiger partial charge in [0.05, 0.1) is 26.8 Å². The molecule has 0 amide bonds. The monoisotopic (exact) mass is 505 g/mol. The fourth-order valence-electron chi connectivity index (χ4n) is 4.14. The van der Waals surface area contributed by atoms with Gasteiger partial charge in [0.2, 0.25) is 0 Å². The highest BCUT2D eigenvalue weighted by Gasteiger charge is 2.30. The molecule has 1 aromatic heterocycles. The molecule has 5 aromatic rings. The lowest BCUT2D eigenvalue weighted by Gasteiger charge is -2.12. The molecule has 0 aliphatic rings. The van der Waals surface area contributed by atoms with Crippen LogP contribution in [0.1, 0.15) is 10.4 Å². The number of nitrogens with zero attached hydrogens (tertiary/aromatic N) is 4. The molecule has 10 nitrogen and oxygen atoms in total.